The molecule has 60 valence electrons. The molecule has 0 saturated heterocycles. The van der Waals surface area contributed by atoms with Crippen LogP contribution in [0.25, 0.3) is 0 Å². The topological polar surface area (TPSA) is 0 Å². The molecule has 0 spiro atoms. The molecule has 0 bridgehead atoms. The Balaban J connectivity index is 0.000001000. The van der Waals surface area contributed by atoms with Gasteiger partial charge in [0.25, 0.3) is 0 Å². The van der Waals surface area contributed by atoms with Crippen molar-refractivity contribution in [3.05, 3.63) is 34.4 Å². The smallest absolute Gasteiger partial charge is 0 e. The van der Waals surface area contributed by atoms with Crippen LogP contribution in [0.2, 0.25) is 0 Å². The van der Waals surface area contributed by atoms with Crippen molar-refractivity contribution in [3.8, 4) is 0 Å². The third-order valence-electron chi connectivity index (χ3n) is 2.22. The van der Waals surface area contributed by atoms with Crippen molar-refractivity contribution in [2.24, 2.45) is 0 Å². The number of aryl methyl sites for hydroxylation is 2. The Kier molecular flexibility index (Phi) is 4.03. The van der Waals surface area contributed by atoms with Crippen molar-refractivity contribution in [1.29, 1.82) is 0 Å². The minimum absolute atomic E-state index is 0. The number of hydrogen-bond donors (Lipinski definition) is 0. The Morgan fingerprint density at radius 3 is 2.00 bits per heavy atom. The summed E-state index contributed by atoms with van der Waals surface area (Å²) < 4.78 is 0. The molecule has 0 radical (unpaired) electrons. The van der Waals surface area contributed by atoms with Gasteiger partial charge in [-0.1, -0.05) is 27.7 Å². The molecule has 1 aromatic carbocycles. The van der Waals surface area contributed by atoms with Gasteiger partial charge in [0, 0.05) is 21.1 Å². The minimum atomic E-state index is 0. The molecule has 0 heterocycles. The first-order valence-electron chi connectivity index (χ1n) is 3.58. The van der Waals surface area contributed by atoms with Crippen molar-refractivity contribution >= 4 is 0 Å². The van der Waals surface area contributed by atoms with Crippen molar-refractivity contribution < 1.29 is 21.1 Å². The molecule has 0 N–H and O–H groups in total. The monoisotopic (exact) mass is 317 g/mol. The van der Waals surface area contributed by atoms with Gasteiger partial charge in [0.05, 0.1) is 0 Å². The first-order valence-corrected chi connectivity index (χ1v) is 3.58. The second kappa shape index (κ2) is 4.06. The number of benzene rings is 1. The van der Waals surface area contributed by atoms with Crippen LogP contribution in [-0.4, -0.2) is 0 Å². The summed E-state index contributed by atoms with van der Waals surface area (Å²) in [5.74, 6) is 0. The quantitative estimate of drug-likeness (QED) is 0.646. The fourth-order valence-electron chi connectivity index (χ4n) is 1.01. The summed E-state index contributed by atoms with van der Waals surface area (Å²) in [5.41, 5.74) is 5.38. The molecular formula is C10H13W-. The van der Waals surface area contributed by atoms with Gasteiger partial charge in [-0.25, -0.2) is 0 Å². The van der Waals surface area contributed by atoms with Crippen molar-refractivity contribution in [2.75, 3.05) is 0 Å². The van der Waals surface area contributed by atoms with Gasteiger partial charge in [0.15, 0.2) is 0 Å². The molecular weight excluding hydrogens is 304 g/mol. The van der Waals surface area contributed by atoms with Gasteiger partial charge in [-0.15, -0.1) is 0 Å². The standard InChI is InChI=1S/C10H13.W/c1-7-5-6-8(2)10(4)9(7)3;/h5H,1-4H3;/q-1;. The van der Waals surface area contributed by atoms with E-state index in [0.717, 1.165) is 0 Å². The summed E-state index contributed by atoms with van der Waals surface area (Å²) >= 11 is 0. The maximum absolute atomic E-state index is 3.21. The van der Waals surface area contributed by atoms with Gasteiger partial charge >= 0.3 is 0 Å². The molecule has 0 aliphatic rings. The van der Waals surface area contributed by atoms with E-state index >= 15 is 0 Å². The van der Waals surface area contributed by atoms with Crippen LogP contribution in [-0.2, 0) is 21.1 Å². The average Bonchev–Trinajstić information content (AvgIpc) is 1.93. The van der Waals surface area contributed by atoms with Crippen LogP contribution in [0.4, 0.5) is 0 Å². The molecule has 1 aromatic rings. The van der Waals surface area contributed by atoms with Crippen molar-refractivity contribution in [3.63, 3.8) is 0 Å². The number of rotatable bonds is 0. The SMILES string of the molecule is Cc1[c-]cc(C)c(C)c1C.[W]. The van der Waals surface area contributed by atoms with Crippen LogP contribution in [0.3, 0.4) is 0 Å². The summed E-state index contributed by atoms with van der Waals surface area (Å²) in [6.07, 6.45) is 0. The maximum Gasteiger partial charge on any atom is 0 e. The summed E-state index contributed by atoms with van der Waals surface area (Å²) in [7, 11) is 0. The Morgan fingerprint density at radius 2 is 1.55 bits per heavy atom. The summed E-state index contributed by atoms with van der Waals surface area (Å²) in [4.78, 5) is 0. The Hall–Kier alpha value is -0.0917. The van der Waals surface area contributed by atoms with E-state index in [-0.39, 0.29) is 21.1 Å². The Bertz CT molecular complexity index is 224. The van der Waals surface area contributed by atoms with E-state index in [1.54, 1.807) is 0 Å². The summed E-state index contributed by atoms with van der Waals surface area (Å²) in [6, 6.07) is 5.26. The molecule has 0 aliphatic heterocycles. The Morgan fingerprint density at radius 1 is 1.00 bits per heavy atom. The van der Waals surface area contributed by atoms with Crippen LogP contribution in [0, 0.1) is 33.8 Å². The van der Waals surface area contributed by atoms with Gasteiger partial charge in [-0.3, -0.25) is 0 Å². The minimum Gasteiger partial charge on any atom is -0.180 e. The zero-order chi connectivity index (χ0) is 7.72. The van der Waals surface area contributed by atoms with E-state index in [2.05, 4.69) is 39.8 Å². The van der Waals surface area contributed by atoms with Crippen LogP contribution in [0.1, 0.15) is 22.3 Å². The predicted octanol–water partition coefficient (Wildman–Crippen LogP) is 2.72. The van der Waals surface area contributed by atoms with Gasteiger partial charge in [-0.05, 0) is 0 Å². The van der Waals surface area contributed by atoms with Gasteiger partial charge < -0.3 is 0 Å². The third kappa shape index (κ3) is 2.17. The molecule has 0 aliphatic carbocycles. The average molecular weight is 317 g/mol. The molecule has 0 atom stereocenters. The molecule has 0 unspecified atom stereocenters. The molecule has 0 amide bonds. The first-order chi connectivity index (χ1) is 4.63. The zero-order valence-electron chi connectivity index (χ0n) is 7.49. The van der Waals surface area contributed by atoms with E-state index in [9.17, 15) is 0 Å². The third-order valence-corrected chi connectivity index (χ3v) is 2.22. The van der Waals surface area contributed by atoms with Crippen LogP contribution >= 0.6 is 0 Å². The molecule has 11 heavy (non-hydrogen) atoms. The van der Waals surface area contributed by atoms with Crippen LogP contribution in [0.15, 0.2) is 6.07 Å². The maximum atomic E-state index is 3.21. The van der Waals surface area contributed by atoms with Gasteiger partial charge in [0.1, 0.15) is 0 Å². The van der Waals surface area contributed by atoms with E-state index < -0.39 is 0 Å². The largest absolute Gasteiger partial charge is 0.180 e. The van der Waals surface area contributed by atoms with Crippen LogP contribution < -0.4 is 0 Å². The molecule has 0 fully saturated rings. The van der Waals surface area contributed by atoms with E-state index in [4.69, 9.17) is 0 Å². The van der Waals surface area contributed by atoms with Crippen LogP contribution in [0.5, 0.6) is 0 Å². The van der Waals surface area contributed by atoms with Crippen molar-refractivity contribution in [1.82, 2.24) is 0 Å². The van der Waals surface area contributed by atoms with E-state index in [1.165, 1.54) is 22.3 Å². The first kappa shape index (κ1) is 10.9. The normalized spacial score (nSPS) is 9.09. The fourth-order valence-corrected chi connectivity index (χ4v) is 1.01. The van der Waals surface area contributed by atoms with Crippen molar-refractivity contribution in [2.45, 2.75) is 27.7 Å². The zero-order valence-corrected chi connectivity index (χ0v) is 10.4. The second-order valence-corrected chi connectivity index (χ2v) is 2.85. The summed E-state index contributed by atoms with van der Waals surface area (Å²) in [6.45, 7) is 8.53. The molecule has 1 rings (SSSR count). The molecule has 0 nitrogen and oxygen atoms in total. The van der Waals surface area contributed by atoms with E-state index in [0.29, 0.717) is 0 Å². The van der Waals surface area contributed by atoms with Gasteiger partial charge in [0.2, 0.25) is 0 Å². The Labute approximate surface area is 83.3 Å². The van der Waals surface area contributed by atoms with E-state index in [1.807, 2.05) is 0 Å². The molecule has 0 saturated carbocycles. The second-order valence-electron chi connectivity index (χ2n) is 2.85. The molecule has 1 heteroatoms. The summed E-state index contributed by atoms with van der Waals surface area (Å²) in [5, 5.41) is 0. The molecule has 0 aromatic heterocycles. The predicted molar refractivity (Wildman–Crippen MR) is 44.2 cm³/mol. The number of hydrogen-bond acceptors (Lipinski definition) is 0. The van der Waals surface area contributed by atoms with Gasteiger partial charge in [-0.2, -0.15) is 34.4 Å². The fraction of sp³-hybridized carbons (Fsp3) is 0.400.